The van der Waals surface area contributed by atoms with Crippen molar-refractivity contribution in [3.8, 4) is 5.75 Å². The quantitative estimate of drug-likeness (QED) is 0.842. The van der Waals surface area contributed by atoms with Gasteiger partial charge in [0.25, 0.3) is 0 Å². The second kappa shape index (κ2) is 8.65. The van der Waals surface area contributed by atoms with Gasteiger partial charge < -0.3 is 10.5 Å². The van der Waals surface area contributed by atoms with Gasteiger partial charge in [-0.3, -0.25) is 4.90 Å². The van der Waals surface area contributed by atoms with E-state index in [1.165, 1.54) is 17.7 Å². The molecule has 1 heterocycles. The Morgan fingerprint density at radius 2 is 1.92 bits per heavy atom. The fourth-order valence-electron chi connectivity index (χ4n) is 3.17. The Hall–Kier alpha value is -1.62. The van der Waals surface area contributed by atoms with E-state index in [1.807, 2.05) is 12.1 Å². The lowest BCUT2D eigenvalue weighted by molar-refractivity contribution is 0.273. The maximum absolute atomic E-state index is 12.9. The summed E-state index contributed by atoms with van der Waals surface area (Å²) in [5.41, 5.74) is 8.33. The molecule has 5 heteroatoms. The molecule has 3 nitrogen and oxygen atoms in total. The smallest absolute Gasteiger partial charge is 0.123 e. The monoisotopic (exact) mass is 364 g/mol. The molecule has 0 amide bonds. The van der Waals surface area contributed by atoms with Crippen LogP contribution in [0.25, 0.3) is 0 Å². The van der Waals surface area contributed by atoms with Crippen LogP contribution in [0.3, 0.4) is 0 Å². The zero-order valence-electron chi connectivity index (χ0n) is 14.6. The number of hydrogen-bond acceptors (Lipinski definition) is 3. The van der Waals surface area contributed by atoms with E-state index < -0.39 is 0 Å². The van der Waals surface area contributed by atoms with Crippen LogP contribution < -0.4 is 10.5 Å². The van der Waals surface area contributed by atoms with Crippen LogP contribution in [0.1, 0.15) is 24.5 Å². The lowest BCUT2D eigenvalue weighted by Crippen LogP contribution is -2.31. The SMILES string of the molecule is CC1(CN)CCN(Cc2cccc(OCc3ccc(F)cc3)c2)C1.Cl. The van der Waals surface area contributed by atoms with E-state index in [1.54, 1.807) is 12.1 Å². The minimum atomic E-state index is -0.226. The molecule has 0 radical (unpaired) electrons. The van der Waals surface area contributed by atoms with Crippen LogP contribution >= 0.6 is 12.4 Å². The molecule has 1 aliphatic rings. The summed E-state index contributed by atoms with van der Waals surface area (Å²) < 4.78 is 18.8. The number of halogens is 2. The maximum Gasteiger partial charge on any atom is 0.123 e. The third-order valence-electron chi connectivity index (χ3n) is 4.75. The van der Waals surface area contributed by atoms with Crippen molar-refractivity contribution in [2.75, 3.05) is 19.6 Å². The second-order valence-electron chi connectivity index (χ2n) is 7.04. The zero-order valence-corrected chi connectivity index (χ0v) is 15.4. The Morgan fingerprint density at radius 1 is 1.16 bits per heavy atom. The van der Waals surface area contributed by atoms with Crippen molar-refractivity contribution >= 4 is 12.4 Å². The molecule has 2 N–H and O–H groups in total. The minimum Gasteiger partial charge on any atom is -0.489 e. The van der Waals surface area contributed by atoms with Crippen LogP contribution in [0, 0.1) is 11.2 Å². The molecule has 1 unspecified atom stereocenters. The Balaban J connectivity index is 0.00000225. The number of ether oxygens (including phenoxy) is 1. The van der Waals surface area contributed by atoms with E-state index in [2.05, 4.69) is 24.0 Å². The van der Waals surface area contributed by atoms with Gasteiger partial charge in [0.15, 0.2) is 0 Å². The molecule has 1 saturated heterocycles. The standard InChI is InChI=1S/C20H25FN2O.ClH/c1-20(14-22)9-10-23(15-20)12-17-3-2-4-19(11-17)24-13-16-5-7-18(21)8-6-16;/h2-8,11H,9-10,12-15,22H2,1H3;1H. The lowest BCUT2D eigenvalue weighted by Gasteiger charge is -2.22. The van der Waals surface area contributed by atoms with Crippen LogP contribution in [-0.2, 0) is 13.2 Å². The molecule has 3 rings (SSSR count). The highest BCUT2D eigenvalue weighted by Gasteiger charge is 2.32. The van der Waals surface area contributed by atoms with Gasteiger partial charge in [0.05, 0.1) is 0 Å². The summed E-state index contributed by atoms with van der Waals surface area (Å²) in [7, 11) is 0. The van der Waals surface area contributed by atoms with Crippen LogP contribution in [0.5, 0.6) is 5.75 Å². The van der Waals surface area contributed by atoms with Crippen molar-refractivity contribution < 1.29 is 9.13 Å². The first-order valence-electron chi connectivity index (χ1n) is 8.45. The molecule has 0 saturated carbocycles. The highest BCUT2D eigenvalue weighted by molar-refractivity contribution is 5.85. The fourth-order valence-corrected chi connectivity index (χ4v) is 3.17. The third kappa shape index (κ3) is 5.43. The van der Waals surface area contributed by atoms with Gasteiger partial charge in [-0.15, -0.1) is 12.4 Å². The summed E-state index contributed by atoms with van der Waals surface area (Å²) in [4.78, 5) is 2.45. The average Bonchev–Trinajstić information content (AvgIpc) is 2.96. The van der Waals surface area contributed by atoms with Gasteiger partial charge in [-0.25, -0.2) is 4.39 Å². The highest BCUT2D eigenvalue weighted by atomic mass is 35.5. The summed E-state index contributed by atoms with van der Waals surface area (Å²) in [6, 6.07) is 14.6. The second-order valence-corrected chi connectivity index (χ2v) is 7.04. The Bertz CT molecular complexity index is 680. The van der Waals surface area contributed by atoms with E-state index in [0.717, 1.165) is 43.9 Å². The van der Waals surface area contributed by atoms with Gasteiger partial charge in [0.2, 0.25) is 0 Å². The third-order valence-corrected chi connectivity index (χ3v) is 4.75. The number of hydrogen-bond donors (Lipinski definition) is 1. The van der Waals surface area contributed by atoms with Gasteiger partial charge in [-0.05, 0) is 60.3 Å². The first-order chi connectivity index (χ1) is 11.6. The molecule has 0 aromatic heterocycles. The largest absolute Gasteiger partial charge is 0.489 e. The molecule has 2 aromatic rings. The zero-order chi connectivity index (χ0) is 17.0. The predicted molar refractivity (Wildman–Crippen MR) is 101 cm³/mol. The summed E-state index contributed by atoms with van der Waals surface area (Å²) in [5.74, 6) is 0.619. The number of rotatable bonds is 6. The molecule has 2 aromatic carbocycles. The number of benzene rings is 2. The molecule has 1 atom stereocenters. The van der Waals surface area contributed by atoms with Gasteiger partial charge >= 0.3 is 0 Å². The maximum atomic E-state index is 12.9. The van der Waals surface area contributed by atoms with E-state index in [0.29, 0.717) is 6.61 Å². The fraction of sp³-hybridized carbons (Fsp3) is 0.400. The molecular weight excluding hydrogens is 339 g/mol. The van der Waals surface area contributed by atoms with Crippen molar-refractivity contribution in [3.63, 3.8) is 0 Å². The number of likely N-dealkylation sites (tertiary alicyclic amines) is 1. The van der Waals surface area contributed by atoms with E-state index in [4.69, 9.17) is 10.5 Å². The van der Waals surface area contributed by atoms with E-state index in [9.17, 15) is 4.39 Å². The first-order valence-corrected chi connectivity index (χ1v) is 8.45. The predicted octanol–water partition coefficient (Wildman–Crippen LogP) is 4.00. The van der Waals surface area contributed by atoms with Crippen molar-refractivity contribution in [3.05, 3.63) is 65.5 Å². The Morgan fingerprint density at radius 3 is 2.60 bits per heavy atom. The molecule has 0 aliphatic carbocycles. The van der Waals surface area contributed by atoms with Crippen LogP contribution in [-0.4, -0.2) is 24.5 Å². The van der Waals surface area contributed by atoms with Crippen molar-refractivity contribution in [2.24, 2.45) is 11.1 Å². The molecular formula is C20H26ClFN2O. The normalized spacial score (nSPS) is 20.3. The van der Waals surface area contributed by atoms with E-state index >= 15 is 0 Å². The van der Waals surface area contributed by atoms with Gasteiger partial charge in [-0.1, -0.05) is 31.2 Å². The van der Waals surface area contributed by atoms with Gasteiger partial charge in [0, 0.05) is 13.1 Å². The van der Waals surface area contributed by atoms with Gasteiger partial charge in [-0.2, -0.15) is 0 Å². The highest BCUT2D eigenvalue weighted by Crippen LogP contribution is 2.29. The van der Waals surface area contributed by atoms with Crippen LogP contribution in [0.2, 0.25) is 0 Å². The summed E-state index contributed by atoms with van der Waals surface area (Å²) in [5, 5.41) is 0. The van der Waals surface area contributed by atoms with Crippen molar-refractivity contribution in [2.45, 2.75) is 26.5 Å². The van der Waals surface area contributed by atoms with E-state index in [-0.39, 0.29) is 23.6 Å². The molecule has 25 heavy (non-hydrogen) atoms. The summed E-state index contributed by atoms with van der Waals surface area (Å²) >= 11 is 0. The number of nitrogens with two attached hydrogens (primary N) is 1. The lowest BCUT2D eigenvalue weighted by atomic mass is 9.90. The van der Waals surface area contributed by atoms with Gasteiger partial charge in [0.1, 0.15) is 18.2 Å². The summed E-state index contributed by atoms with van der Waals surface area (Å²) in [6.07, 6.45) is 1.16. The molecule has 0 spiro atoms. The van der Waals surface area contributed by atoms with Crippen molar-refractivity contribution in [1.82, 2.24) is 4.90 Å². The minimum absolute atomic E-state index is 0. The molecule has 0 bridgehead atoms. The first kappa shape index (κ1) is 19.7. The topological polar surface area (TPSA) is 38.5 Å². The Kier molecular flexibility index (Phi) is 6.82. The van der Waals surface area contributed by atoms with Crippen LogP contribution in [0.4, 0.5) is 4.39 Å². The summed E-state index contributed by atoms with van der Waals surface area (Å²) in [6.45, 7) is 6.50. The molecule has 1 fully saturated rings. The van der Waals surface area contributed by atoms with Crippen LogP contribution in [0.15, 0.2) is 48.5 Å². The number of nitrogens with zero attached hydrogens (tertiary/aromatic N) is 1. The average molecular weight is 365 g/mol. The van der Waals surface area contributed by atoms with Crippen molar-refractivity contribution in [1.29, 1.82) is 0 Å². The Labute approximate surface area is 155 Å². The molecule has 136 valence electrons. The molecule has 1 aliphatic heterocycles.